The Morgan fingerprint density at radius 3 is 3.20 bits per heavy atom. The van der Waals surface area contributed by atoms with Crippen LogP contribution in [0.1, 0.15) is 19.3 Å². The maximum Gasteiger partial charge on any atom is 0.0318 e. The summed E-state index contributed by atoms with van der Waals surface area (Å²) >= 11 is 0. The van der Waals surface area contributed by atoms with Crippen LogP contribution in [0.15, 0.2) is 12.3 Å². The van der Waals surface area contributed by atoms with Gasteiger partial charge in [-0.15, -0.1) is 0 Å². The van der Waals surface area contributed by atoms with E-state index in [1.165, 1.54) is 29.5 Å². The van der Waals surface area contributed by atoms with Crippen LogP contribution in [0.2, 0.25) is 5.54 Å². The first-order chi connectivity index (χ1) is 4.86. The van der Waals surface area contributed by atoms with Gasteiger partial charge in [0, 0.05) is 16.3 Å². The zero-order valence-electron chi connectivity index (χ0n) is 6.51. The van der Waals surface area contributed by atoms with Crippen molar-refractivity contribution < 1.29 is 0 Å². The van der Waals surface area contributed by atoms with Crippen molar-refractivity contribution in [2.45, 2.75) is 30.8 Å². The molecule has 1 heterocycles. The maximum absolute atomic E-state index is 3.43. The standard InChI is InChI=1S/C8H15NSi/c10-7-2-1-6-3-4-9-8(6)5-7/h3-4,6-9H,1-2,5H2,10H3. The molecular formula is C8H15NSi. The molecule has 0 saturated heterocycles. The average molecular weight is 153 g/mol. The quantitative estimate of drug-likeness (QED) is 0.498. The first-order valence-electron chi connectivity index (χ1n) is 4.29. The Hall–Kier alpha value is -0.243. The van der Waals surface area contributed by atoms with Crippen LogP contribution in [0.25, 0.3) is 0 Å². The summed E-state index contributed by atoms with van der Waals surface area (Å²) in [5.41, 5.74) is 1.08. The van der Waals surface area contributed by atoms with Crippen LogP contribution in [0, 0.1) is 5.92 Å². The van der Waals surface area contributed by atoms with Gasteiger partial charge in [-0.25, -0.2) is 0 Å². The highest BCUT2D eigenvalue weighted by Gasteiger charge is 2.28. The van der Waals surface area contributed by atoms with Gasteiger partial charge in [-0.1, -0.05) is 18.0 Å². The fraction of sp³-hybridized carbons (Fsp3) is 0.750. The topological polar surface area (TPSA) is 12.0 Å². The van der Waals surface area contributed by atoms with Gasteiger partial charge in [0.25, 0.3) is 0 Å². The Morgan fingerprint density at radius 2 is 2.30 bits per heavy atom. The van der Waals surface area contributed by atoms with Crippen LogP contribution in [-0.4, -0.2) is 16.3 Å². The third-order valence-electron chi connectivity index (χ3n) is 2.82. The fourth-order valence-electron chi connectivity index (χ4n) is 2.13. The van der Waals surface area contributed by atoms with Gasteiger partial charge < -0.3 is 5.32 Å². The lowest BCUT2D eigenvalue weighted by Gasteiger charge is -2.29. The third kappa shape index (κ3) is 1.01. The minimum absolute atomic E-state index is 0.816. The zero-order chi connectivity index (χ0) is 6.97. The van der Waals surface area contributed by atoms with Crippen molar-refractivity contribution in [3.8, 4) is 0 Å². The van der Waals surface area contributed by atoms with Crippen molar-refractivity contribution in [3.05, 3.63) is 12.3 Å². The van der Waals surface area contributed by atoms with E-state index in [9.17, 15) is 0 Å². The molecule has 0 aromatic rings. The van der Waals surface area contributed by atoms with Crippen molar-refractivity contribution in [2.24, 2.45) is 5.92 Å². The highest BCUT2D eigenvalue weighted by Crippen LogP contribution is 2.33. The second kappa shape index (κ2) is 2.42. The van der Waals surface area contributed by atoms with E-state index < -0.39 is 0 Å². The Kier molecular flexibility index (Phi) is 1.56. The zero-order valence-corrected chi connectivity index (χ0v) is 8.51. The summed E-state index contributed by atoms with van der Waals surface area (Å²) in [6, 6.07) is 0.816. The van der Waals surface area contributed by atoms with E-state index in [0.29, 0.717) is 0 Å². The van der Waals surface area contributed by atoms with Gasteiger partial charge in [-0.2, -0.15) is 0 Å². The minimum atomic E-state index is 0.816. The van der Waals surface area contributed by atoms with Gasteiger partial charge in [0.15, 0.2) is 0 Å². The summed E-state index contributed by atoms with van der Waals surface area (Å²) in [6.45, 7) is 0. The molecule has 0 radical (unpaired) electrons. The SMILES string of the molecule is [SiH3]C1CCC2C=CNC2C1. The Balaban J connectivity index is 2.01. The summed E-state index contributed by atoms with van der Waals surface area (Å²) in [5.74, 6) is 0.880. The van der Waals surface area contributed by atoms with Crippen molar-refractivity contribution in [1.82, 2.24) is 5.32 Å². The molecule has 0 aromatic carbocycles. The molecule has 1 nitrogen and oxygen atoms in total. The van der Waals surface area contributed by atoms with E-state index >= 15 is 0 Å². The molecule has 3 atom stereocenters. The first kappa shape index (κ1) is 6.47. The molecule has 56 valence electrons. The average Bonchev–Trinajstić information content (AvgIpc) is 2.33. The normalized spacial score (nSPS) is 45.0. The van der Waals surface area contributed by atoms with Gasteiger partial charge in [-0.3, -0.25) is 0 Å². The van der Waals surface area contributed by atoms with Gasteiger partial charge >= 0.3 is 0 Å². The highest BCUT2D eigenvalue weighted by molar-refractivity contribution is 6.11. The molecule has 0 amide bonds. The van der Waals surface area contributed by atoms with Gasteiger partial charge in [0.2, 0.25) is 0 Å². The molecule has 1 aliphatic carbocycles. The smallest absolute Gasteiger partial charge is 0.0318 e. The third-order valence-corrected chi connectivity index (χ3v) is 3.87. The molecule has 3 unspecified atom stereocenters. The van der Waals surface area contributed by atoms with E-state index in [1.54, 1.807) is 0 Å². The Bertz CT molecular complexity index is 155. The lowest BCUT2D eigenvalue weighted by molar-refractivity contribution is 0.352. The van der Waals surface area contributed by atoms with Crippen LogP contribution in [-0.2, 0) is 0 Å². The molecule has 0 spiro atoms. The predicted molar refractivity (Wildman–Crippen MR) is 47.1 cm³/mol. The van der Waals surface area contributed by atoms with E-state index in [1.807, 2.05) is 0 Å². The van der Waals surface area contributed by atoms with Crippen LogP contribution in [0.5, 0.6) is 0 Å². The van der Waals surface area contributed by atoms with E-state index in [-0.39, 0.29) is 0 Å². The summed E-state index contributed by atoms with van der Waals surface area (Å²) in [4.78, 5) is 0. The number of rotatable bonds is 0. The van der Waals surface area contributed by atoms with E-state index in [0.717, 1.165) is 17.5 Å². The molecule has 1 saturated carbocycles. The van der Waals surface area contributed by atoms with Gasteiger partial charge in [-0.05, 0) is 25.0 Å². The molecule has 2 rings (SSSR count). The summed E-state index contributed by atoms with van der Waals surface area (Å²) in [5, 5.41) is 3.43. The first-order valence-corrected chi connectivity index (χ1v) is 5.44. The predicted octanol–water partition coefficient (Wildman–Crippen LogP) is 0.426. The molecule has 2 aliphatic rings. The number of hydrogen-bond donors (Lipinski definition) is 1. The number of fused-ring (bicyclic) bond motifs is 1. The molecule has 0 bridgehead atoms. The molecule has 1 fully saturated rings. The lowest BCUT2D eigenvalue weighted by atomic mass is 9.86. The monoisotopic (exact) mass is 153 g/mol. The van der Waals surface area contributed by atoms with Crippen LogP contribution in [0.4, 0.5) is 0 Å². The van der Waals surface area contributed by atoms with Crippen LogP contribution >= 0.6 is 0 Å². The Labute approximate surface area is 65.3 Å². The highest BCUT2D eigenvalue weighted by atomic mass is 28.1. The minimum Gasteiger partial charge on any atom is -0.388 e. The van der Waals surface area contributed by atoms with Crippen LogP contribution < -0.4 is 5.32 Å². The Morgan fingerprint density at radius 1 is 1.40 bits per heavy atom. The molecule has 1 aliphatic heterocycles. The van der Waals surface area contributed by atoms with Crippen molar-refractivity contribution in [1.29, 1.82) is 0 Å². The lowest BCUT2D eigenvalue weighted by Crippen LogP contribution is -2.31. The van der Waals surface area contributed by atoms with Crippen molar-refractivity contribution >= 4 is 10.2 Å². The van der Waals surface area contributed by atoms with Gasteiger partial charge in [0.05, 0.1) is 0 Å². The second-order valence-corrected chi connectivity index (χ2v) is 5.35. The van der Waals surface area contributed by atoms with Crippen molar-refractivity contribution in [3.63, 3.8) is 0 Å². The van der Waals surface area contributed by atoms with Crippen LogP contribution in [0.3, 0.4) is 0 Å². The van der Waals surface area contributed by atoms with E-state index in [2.05, 4.69) is 17.6 Å². The molecule has 0 aromatic heterocycles. The summed E-state index contributed by atoms with van der Waals surface area (Å²) in [7, 11) is 1.39. The van der Waals surface area contributed by atoms with E-state index in [4.69, 9.17) is 0 Å². The second-order valence-electron chi connectivity index (χ2n) is 3.71. The number of hydrogen-bond acceptors (Lipinski definition) is 1. The molecule has 1 N–H and O–H groups in total. The summed E-state index contributed by atoms with van der Waals surface area (Å²) in [6.07, 6.45) is 8.85. The van der Waals surface area contributed by atoms with Crippen molar-refractivity contribution in [2.75, 3.05) is 0 Å². The number of nitrogens with one attached hydrogen (secondary N) is 1. The maximum atomic E-state index is 3.43. The fourth-order valence-corrected chi connectivity index (χ4v) is 2.97. The summed E-state index contributed by atoms with van der Waals surface area (Å²) < 4.78 is 0. The molecular weight excluding hydrogens is 138 g/mol. The molecule has 10 heavy (non-hydrogen) atoms. The van der Waals surface area contributed by atoms with Gasteiger partial charge in [0.1, 0.15) is 0 Å². The molecule has 2 heteroatoms. The largest absolute Gasteiger partial charge is 0.388 e.